The number of aromatic nitrogens is 3. The van der Waals surface area contributed by atoms with Gasteiger partial charge in [-0.2, -0.15) is 10.1 Å². The Morgan fingerprint density at radius 3 is 2.79 bits per heavy atom. The van der Waals surface area contributed by atoms with Gasteiger partial charge < -0.3 is 15.0 Å². The second kappa shape index (κ2) is 6.88. The number of H-pyrrole nitrogens is 1. The zero-order valence-corrected chi connectivity index (χ0v) is 17.2. The third kappa shape index (κ3) is 3.60. The summed E-state index contributed by atoms with van der Waals surface area (Å²) in [4.78, 5) is 7.21. The van der Waals surface area contributed by atoms with Gasteiger partial charge in [0.1, 0.15) is 12.4 Å². The summed E-state index contributed by atoms with van der Waals surface area (Å²) >= 11 is 0. The number of fused-ring (bicyclic) bond motifs is 3. The van der Waals surface area contributed by atoms with Gasteiger partial charge in [-0.3, -0.25) is 5.10 Å². The van der Waals surface area contributed by atoms with Gasteiger partial charge in [-0.05, 0) is 62.1 Å². The van der Waals surface area contributed by atoms with Crippen LogP contribution in [0.5, 0.6) is 5.88 Å². The summed E-state index contributed by atoms with van der Waals surface area (Å²) in [6, 6.07) is 11.3. The monoisotopic (exact) mass is 389 g/mol. The van der Waals surface area contributed by atoms with E-state index in [1.165, 1.54) is 11.1 Å². The number of anilines is 1. The number of nitrogens with zero attached hydrogens (tertiary/aromatic N) is 3. The molecule has 0 radical (unpaired) electrons. The van der Waals surface area contributed by atoms with Crippen LogP contribution in [0.25, 0.3) is 22.3 Å². The Morgan fingerprint density at radius 1 is 1.14 bits per heavy atom. The smallest absolute Gasteiger partial charge is 0.223 e. The molecule has 6 nitrogen and oxygen atoms in total. The van der Waals surface area contributed by atoms with Crippen molar-refractivity contribution in [3.05, 3.63) is 48.3 Å². The van der Waals surface area contributed by atoms with Gasteiger partial charge in [-0.25, -0.2) is 0 Å². The highest BCUT2D eigenvalue weighted by Gasteiger charge is 2.28. The Bertz CT molecular complexity index is 1020. The third-order valence-corrected chi connectivity index (χ3v) is 5.59. The first-order valence-corrected chi connectivity index (χ1v) is 10.3. The number of nitrogens with one attached hydrogen (secondary N) is 2. The van der Waals surface area contributed by atoms with E-state index in [1.807, 2.05) is 12.4 Å². The van der Waals surface area contributed by atoms with Gasteiger partial charge in [0.25, 0.3) is 0 Å². The highest BCUT2D eigenvalue weighted by molar-refractivity contribution is 5.78. The Balaban J connectivity index is 1.38. The SMILES string of the molecule is CC(C)(C)NC1CCN(c2ccc3c(n2)OCc2cc(-c4cn[nH]c4)ccc2-3)C1. The predicted molar refractivity (Wildman–Crippen MR) is 115 cm³/mol. The Hall–Kier alpha value is -2.86. The Kier molecular flexibility index (Phi) is 4.32. The molecule has 0 spiro atoms. The van der Waals surface area contributed by atoms with Crippen LogP contribution in [0.15, 0.2) is 42.7 Å². The van der Waals surface area contributed by atoms with Crippen molar-refractivity contribution in [2.45, 2.75) is 45.4 Å². The van der Waals surface area contributed by atoms with Gasteiger partial charge in [0.15, 0.2) is 0 Å². The lowest BCUT2D eigenvalue weighted by atomic mass is 9.95. The van der Waals surface area contributed by atoms with Crippen LogP contribution in [0, 0.1) is 0 Å². The molecule has 1 saturated heterocycles. The minimum atomic E-state index is 0.131. The van der Waals surface area contributed by atoms with Crippen molar-refractivity contribution in [3.63, 3.8) is 0 Å². The molecule has 6 heteroatoms. The lowest BCUT2D eigenvalue weighted by molar-refractivity contribution is 0.290. The first-order valence-electron chi connectivity index (χ1n) is 10.3. The molecule has 0 saturated carbocycles. The van der Waals surface area contributed by atoms with Gasteiger partial charge in [-0.1, -0.05) is 12.1 Å². The van der Waals surface area contributed by atoms with E-state index < -0.39 is 0 Å². The molecule has 2 N–H and O–H groups in total. The molecule has 29 heavy (non-hydrogen) atoms. The lowest BCUT2D eigenvalue weighted by Crippen LogP contribution is -2.44. The van der Waals surface area contributed by atoms with E-state index >= 15 is 0 Å². The molecule has 1 aromatic carbocycles. The molecule has 1 atom stereocenters. The van der Waals surface area contributed by atoms with Crippen molar-refractivity contribution in [1.82, 2.24) is 20.5 Å². The molecule has 3 aromatic rings. The third-order valence-electron chi connectivity index (χ3n) is 5.59. The summed E-state index contributed by atoms with van der Waals surface area (Å²) in [7, 11) is 0. The summed E-state index contributed by atoms with van der Waals surface area (Å²) in [5.41, 5.74) is 5.81. The van der Waals surface area contributed by atoms with E-state index in [-0.39, 0.29) is 5.54 Å². The molecule has 2 aliphatic rings. The van der Waals surface area contributed by atoms with Crippen molar-refractivity contribution in [1.29, 1.82) is 0 Å². The largest absolute Gasteiger partial charge is 0.472 e. The molecule has 0 bridgehead atoms. The molecule has 150 valence electrons. The molecular formula is C23H27N5O. The highest BCUT2D eigenvalue weighted by atomic mass is 16.5. The molecule has 2 aliphatic heterocycles. The summed E-state index contributed by atoms with van der Waals surface area (Å²) in [5, 5.41) is 10.6. The van der Waals surface area contributed by atoms with Crippen LogP contribution in [0.4, 0.5) is 5.82 Å². The predicted octanol–water partition coefficient (Wildman–Crippen LogP) is 4.00. The molecule has 2 aromatic heterocycles. The van der Waals surface area contributed by atoms with Crippen molar-refractivity contribution < 1.29 is 4.74 Å². The molecule has 1 fully saturated rings. The minimum absolute atomic E-state index is 0.131. The standard InChI is InChI=1S/C23H27N5O/c1-23(2,3)27-18-8-9-28(13-18)21-7-6-20-19-5-4-15(17-11-24-25-12-17)10-16(19)14-29-22(20)26-21/h4-7,10-12,18,27H,8-9,13-14H2,1-3H3,(H,24,25). The summed E-state index contributed by atoms with van der Waals surface area (Å²) in [6.07, 6.45) is 4.88. The number of hydrogen-bond donors (Lipinski definition) is 2. The van der Waals surface area contributed by atoms with Crippen LogP contribution in [-0.4, -0.2) is 39.9 Å². The van der Waals surface area contributed by atoms with E-state index in [1.54, 1.807) is 0 Å². The maximum Gasteiger partial charge on any atom is 0.223 e. The van der Waals surface area contributed by atoms with E-state index in [2.05, 4.69) is 71.5 Å². The van der Waals surface area contributed by atoms with Gasteiger partial charge in [0, 0.05) is 42.0 Å². The molecule has 0 amide bonds. The summed E-state index contributed by atoms with van der Waals surface area (Å²) in [5.74, 6) is 1.73. The van der Waals surface area contributed by atoms with E-state index in [0.717, 1.165) is 47.9 Å². The molecular weight excluding hydrogens is 362 g/mol. The number of hydrogen-bond acceptors (Lipinski definition) is 5. The number of rotatable bonds is 3. The van der Waals surface area contributed by atoms with Crippen LogP contribution >= 0.6 is 0 Å². The number of benzene rings is 1. The zero-order chi connectivity index (χ0) is 20.0. The van der Waals surface area contributed by atoms with Crippen molar-refractivity contribution >= 4 is 5.82 Å². The first-order chi connectivity index (χ1) is 14.0. The van der Waals surface area contributed by atoms with E-state index in [4.69, 9.17) is 9.72 Å². The van der Waals surface area contributed by atoms with Gasteiger partial charge in [0.2, 0.25) is 5.88 Å². The van der Waals surface area contributed by atoms with E-state index in [9.17, 15) is 0 Å². The zero-order valence-electron chi connectivity index (χ0n) is 17.2. The Morgan fingerprint density at radius 2 is 2.00 bits per heavy atom. The van der Waals surface area contributed by atoms with E-state index in [0.29, 0.717) is 12.6 Å². The summed E-state index contributed by atoms with van der Waals surface area (Å²) in [6.45, 7) is 9.19. The van der Waals surface area contributed by atoms with Crippen LogP contribution in [0.1, 0.15) is 32.8 Å². The normalized spacial score (nSPS) is 18.3. The number of pyridine rings is 1. The fraction of sp³-hybridized carbons (Fsp3) is 0.391. The number of ether oxygens (including phenoxy) is 1. The summed E-state index contributed by atoms with van der Waals surface area (Å²) < 4.78 is 6.05. The second-order valence-corrected chi connectivity index (χ2v) is 9.00. The fourth-order valence-electron chi connectivity index (χ4n) is 4.33. The molecule has 1 unspecified atom stereocenters. The van der Waals surface area contributed by atoms with Gasteiger partial charge in [0.05, 0.1) is 6.20 Å². The Labute approximate surface area is 171 Å². The highest BCUT2D eigenvalue weighted by Crippen LogP contribution is 2.39. The lowest BCUT2D eigenvalue weighted by Gasteiger charge is -2.26. The minimum Gasteiger partial charge on any atom is -0.472 e. The van der Waals surface area contributed by atoms with Crippen molar-refractivity contribution in [2.24, 2.45) is 0 Å². The van der Waals surface area contributed by atoms with Crippen molar-refractivity contribution in [2.75, 3.05) is 18.0 Å². The van der Waals surface area contributed by atoms with Crippen LogP contribution in [-0.2, 0) is 6.61 Å². The average molecular weight is 390 g/mol. The van der Waals surface area contributed by atoms with Crippen LogP contribution < -0.4 is 15.0 Å². The maximum atomic E-state index is 6.05. The first kappa shape index (κ1) is 18.2. The molecule has 5 rings (SSSR count). The average Bonchev–Trinajstić information content (AvgIpc) is 3.38. The maximum absolute atomic E-state index is 6.05. The fourth-order valence-corrected chi connectivity index (χ4v) is 4.33. The van der Waals surface area contributed by atoms with Crippen LogP contribution in [0.3, 0.4) is 0 Å². The van der Waals surface area contributed by atoms with Gasteiger partial charge >= 0.3 is 0 Å². The second-order valence-electron chi connectivity index (χ2n) is 9.00. The van der Waals surface area contributed by atoms with Gasteiger partial charge in [-0.15, -0.1) is 0 Å². The van der Waals surface area contributed by atoms with Crippen molar-refractivity contribution in [3.8, 4) is 28.1 Å². The number of aromatic amines is 1. The van der Waals surface area contributed by atoms with Crippen LogP contribution in [0.2, 0.25) is 0 Å². The molecule has 0 aliphatic carbocycles. The topological polar surface area (TPSA) is 66.1 Å². The molecule has 4 heterocycles. The quantitative estimate of drug-likeness (QED) is 0.709.